The molecule has 0 aliphatic heterocycles. The Morgan fingerprint density at radius 1 is 1.06 bits per heavy atom. The summed E-state index contributed by atoms with van der Waals surface area (Å²) in [7, 11) is 0. The van der Waals surface area contributed by atoms with E-state index in [1.165, 1.54) is 0 Å². The van der Waals surface area contributed by atoms with Gasteiger partial charge in [0.1, 0.15) is 0 Å². The highest BCUT2D eigenvalue weighted by atomic mass is 16.6. The fraction of sp³-hybridized carbons (Fsp3) is 0.217. The first-order valence-corrected chi connectivity index (χ1v) is 9.93. The van der Waals surface area contributed by atoms with Gasteiger partial charge in [-0.05, 0) is 50.6 Å². The largest absolute Gasteiger partial charge is 0.417 e. The molecule has 2 N–H and O–H groups in total. The maximum atomic E-state index is 6.10. The van der Waals surface area contributed by atoms with Crippen molar-refractivity contribution in [1.82, 2.24) is 20.0 Å². The van der Waals surface area contributed by atoms with Gasteiger partial charge in [0, 0.05) is 16.8 Å². The lowest BCUT2D eigenvalue weighted by Crippen LogP contribution is -2.14. The van der Waals surface area contributed by atoms with Crippen LogP contribution in [0, 0.1) is 20.8 Å². The Kier molecular flexibility index (Phi) is 5.79. The summed E-state index contributed by atoms with van der Waals surface area (Å²) in [4.78, 5) is 5.33. The van der Waals surface area contributed by atoms with Crippen LogP contribution in [0.1, 0.15) is 34.0 Å². The van der Waals surface area contributed by atoms with E-state index in [2.05, 4.69) is 26.5 Å². The Balaban J connectivity index is 1.39. The molecule has 0 saturated heterocycles. The average Bonchev–Trinajstić information content (AvgIpc) is 3.35. The van der Waals surface area contributed by atoms with Gasteiger partial charge in [-0.2, -0.15) is 5.10 Å². The van der Waals surface area contributed by atoms with Gasteiger partial charge in [-0.3, -0.25) is 4.68 Å². The molecule has 158 valence electrons. The number of aromatic nitrogens is 4. The van der Waals surface area contributed by atoms with E-state index >= 15 is 0 Å². The van der Waals surface area contributed by atoms with E-state index in [1.807, 2.05) is 74.0 Å². The lowest BCUT2D eigenvalue weighted by atomic mass is 10.1. The molecule has 2 aromatic heterocycles. The number of hydrogen-bond acceptors (Lipinski definition) is 6. The van der Waals surface area contributed by atoms with Crippen LogP contribution in [0.2, 0.25) is 0 Å². The van der Waals surface area contributed by atoms with Crippen molar-refractivity contribution in [2.75, 3.05) is 0 Å². The molecule has 4 rings (SSSR count). The van der Waals surface area contributed by atoms with Crippen molar-refractivity contribution in [2.45, 2.75) is 33.9 Å². The average molecular weight is 416 g/mol. The molecule has 2 aromatic carbocycles. The van der Waals surface area contributed by atoms with Crippen LogP contribution in [0.4, 0.5) is 0 Å². The molecule has 0 unspecified atom stereocenters. The fourth-order valence-electron chi connectivity index (χ4n) is 3.17. The number of hydrogen-bond donors (Lipinski definition) is 1. The minimum atomic E-state index is 0.0327. The molecule has 4 aromatic rings. The summed E-state index contributed by atoms with van der Waals surface area (Å²) in [6.07, 6.45) is 0. The number of aryl methyl sites for hydroxylation is 3. The molecule has 0 amide bonds. The van der Waals surface area contributed by atoms with Crippen LogP contribution in [0.3, 0.4) is 0 Å². The van der Waals surface area contributed by atoms with Crippen LogP contribution in [0.15, 0.2) is 64.2 Å². The Morgan fingerprint density at radius 2 is 1.87 bits per heavy atom. The summed E-state index contributed by atoms with van der Waals surface area (Å²) in [5, 5.41) is 16.5. The van der Waals surface area contributed by atoms with Gasteiger partial charge in [-0.15, -0.1) is 10.2 Å². The van der Waals surface area contributed by atoms with E-state index in [-0.39, 0.29) is 12.4 Å². The Labute approximate surface area is 180 Å². The summed E-state index contributed by atoms with van der Waals surface area (Å²) in [6.45, 7) is 6.73. The van der Waals surface area contributed by atoms with Crippen molar-refractivity contribution < 1.29 is 9.25 Å². The van der Waals surface area contributed by atoms with Crippen LogP contribution in [0.5, 0.6) is 0 Å². The van der Waals surface area contributed by atoms with E-state index in [0.29, 0.717) is 18.3 Å². The second kappa shape index (κ2) is 8.83. The van der Waals surface area contributed by atoms with E-state index in [1.54, 1.807) is 0 Å². The number of nitrogens with zero attached hydrogens (tertiary/aromatic N) is 5. The van der Waals surface area contributed by atoms with Crippen molar-refractivity contribution in [1.29, 1.82) is 0 Å². The number of nitrogens with two attached hydrogens (primary N) is 1. The van der Waals surface area contributed by atoms with Crippen molar-refractivity contribution in [3.63, 3.8) is 0 Å². The smallest absolute Gasteiger partial charge is 0.257 e. The Bertz CT molecular complexity index is 1210. The third-order valence-corrected chi connectivity index (χ3v) is 4.77. The molecule has 0 spiro atoms. The predicted molar refractivity (Wildman–Crippen MR) is 117 cm³/mol. The SMILES string of the molecule is Cc1ccc(-c2nnc(CO/N=C(\N)c3cccc(Cn4nc(C)cc4C)c3)o2)cc1. The zero-order chi connectivity index (χ0) is 21.8. The van der Waals surface area contributed by atoms with Gasteiger partial charge in [-0.1, -0.05) is 41.1 Å². The van der Waals surface area contributed by atoms with Crippen molar-refractivity contribution >= 4 is 5.84 Å². The fourth-order valence-corrected chi connectivity index (χ4v) is 3.17. The third kappa shape index (κ3) is 4.98. The second-order valence-corrected chi connectivity index (χ2v) is 7.40. The molecule has 0 radical (unpaired) electrons. The van der Waals surface area contributed by atoms with E-state index in [4.69, 9.17) is 15.0 Å². The van der Waals surface area contributed by atoms with Gasteiger partial charge < -0.3 is 15.0 Å². The summed E-state index contributed by atoms with van der Waals surface area (Å²) in [5.41, 5.74) is 12.1. The van der Waals surface area contributed by atoms with Gasteiger partial charge in [0.05, 0.1) is 12.2 Å². The quantitative estimate of drug-likeness (QED) is 0.280. The van der Waals surface area contributed by atoms with Crippen LogP contribution in [0.25, 0.3) is 11.5 Å². The first-order valence-electron chi connectivity index (χ1n) is 9.93. The monoisotopic (exact) mass is 416 g/mol. The number of oxime groups is 1. The highest BCUT2D eigenvalue weighted by Crippen LogP contribution is 2.18. The minimum Gasteiger partial charge on any atom is -0.417 e. The topological polar surface area (TPSA) is 104 Å². The molecule has 0 saturated carbocycles. The van der Waals surface area contributed by atoms with Crippen LogP contribution < -0.4 is 5.73 Å². The zero-order valence-electron chi connectivity index (χ0n) is 17.7. The molecule has 2 heterocycles. The summed E-state index contributed by atoms with van der Waals surface area (Å²) < 4.78 is 7.59. The molecule has 0 aliphatic rings. The third-order valence-electron chi connectivity index (χ3n) is 4.77. The van der Waals surface area contributed by atoms with Gasteiger partial charge in [0.15, 0.2) is 12.4 Å². The molecular formula is C23H24N6O2. The van der Waals surface area contributed by atoms with E-state index in [0.717, 1.165) is 33.6 Å². The number of rotatable bonds is 7. The molecule has 0 bridgehead atoms. The molecule has 31 heavy (non-hydrogen) atoms. The zero-order valence-corrected chi connectivity index (χ0v) is 17.7. The van der Waals surface area contributed by atoms with E-state index < -0.39 is 0 Å². The normalized spacial score (nSPS) is 11.6. The van der Waals surface area contributed by atoms with Crippen molar-refractivity contribution in [3.05, 3.63) is 88.6 Å². The molecule has 0 aliphatic carbocycles. The lowest BCUT2D eigenvalue weighted by molar-refractivity contribution is 0.111. The molecule has 8 nitrogen and oxygen atoms in total. The highest BCUT2D eigenvalue weighted by Gasteiger charge is 2.09. The maximum Gasteiger partial charge on any atom is 0.257 e. The Morgan fingerprint density at radius 3 is 2.61 bits per heavy atom. The predicted octanol–water partition coefficient (Wildman–Crippen LogP) is 3.74. The summed E-state index contributed by atoms with van der Waals surface area (Å²) in [5.74, 6) is 1.03. The maximum absolute atomic E-state index is 6.10. The van der Waals surface area contributed by atoms with Gasteiger partial charge in [0.2, 0.25) is 5.89 Å². The number of amidine groups is 1. The van der Waals surface area contributed by atoms with Gasteiger partial charge >= 0.3 is 0 Å². The van der Waals surface area contributed by atoms with Crippen molar-refractivity contribution in [3.8, 4) is 11.5 Å². The standard InChI is InChI=1S/C23H24N6O2/c1-15-7-9-19(10-8-15)23-26-25-21(31-23)14-30-28-22(24)20-6-4-5-18(12-20)13-29-17(3)11-16(2)27-29/h4-12H,13-14H2,1-3H3,(H2,24,28). The van der Waals surface area contributed by atoms with Crippen LogP contribution >= 0.6 is 0 Å². The summed E-state index contributed by atoms with van der Waals surface area (Å²) in [6, 6.07) is 17.7. The minimum absolute atomic E-state index is 0.0327. The lowest BCUT2D eigenvalue weighted by Gasteiger charge is -2.07. The van der Waals surface area contributed by atoms with Crippen LogP contribution in [-0.4, -0.2) is 25.8 Å². The molecule has 0 fully saturated rings. The number of benzene rings is 2. The van der Waals surface area contributed by atoms with Gasteiger partial charge in [-0.25, -0.2) is 0 Å². The first kappa shape index (κ1) is 20.3. The first-order chi connectivity index (χ1) is 15.0. The highest BCUT2D eigenvalue weighted by molar-refractivity contribution is 5.97. The molecule has 8 heteroatoms. The van der Waals surface area contributed by atoms with Crippen LogP contribution in [-0.2, 0) is 18.0 Å². The second-order valence-electron chi connectivity index (χ2n) is 7.40. The summed E-state index contributed by atoms with van der Waals surface area (Å²) >= 11 is 0. The van der Waals surface area contributed by atoms with Gasteiger partial charge in [0.25, 0.3) is 5.89 Å². The van der Waals surface area contributed by atoms with E-state index in [9.17, 15) is 0 Å². The molecule has 0 atom stereocenters. The molecular weight excluding hydrogens is 392 g/mol. The van der Waals surface area contributed by atoms with Crippen molar-refractivity contribution in [2.24, 2.45) is 10.9 Å². The Hall–Kier alpha value is -3.94.